The third-order valence-electron chi connectivity index (χ3n) is 9.92. The molecule has 10 aromatic rings. The van der Waals surface area contributed by atoms with Crippen molar-refractivity contribution >= 4 is 38.5 Å². The van der Waals surface area contributed by atoms with Crippen LogP contribution in [0.25, 0.3) is 89.4 Å². The normalized spacial score (nSPS) is 11.5. The molecule has 6 nitrogen and oxygen atoms in total. The fourth-order valence-electron chi connectivity index (χ4n) is 7.41. The number of nitrogens with zero attached hydrogens (tertiary/aromatic N) is 5. The molecule has 0 fully saturated rings. The zero-order valence-corrected chi connectivity index (χ0v) is 28.6. The van der Waals surface area contributed by atoms with Gasteiger partial charge in [0.2, 0.25) is 0 Å². The Kier molecular flexibility index (Phi) is 7.18. The molecule has 250 valence electrons. The maximum absolute atomic E-state index is 6.85. The van der Waals surface area contributed by atoms with E-state index < -0.39 is 0 Å². The van der Waals surface area contributed by atoms with E-state index >= 15 is 0 Å². The largest absolute Gasteiger partial charge is 0.385 e. The summed E-state index contributed by atoms with van der Waals surface area (Å²) in [7, 11) is 0. The van der Waals surface area contributed by atoms with E-state index in [-0.39, 0.29) is 0 Å². The van der Waals surface area contributed by atoms with E-state index in [4.69, 9.17) is 20.7 Å². The van der Waals surface area contributed by atoms with Crippen molar-refractivity contribution in [1.29, 1.82) is 0 Å². The second-order valence-electron chi connectivity index (χ2n) is 13.2. The fraction of sp³-hybridized carbons (Fsp3) is 0. The first kappa shape index (κ1) is 30.5. The highest BCUT2D eigenvalue weighted by atomic mass is 15.1. The van der Waals surface area contributed by atoms with Crippen LogP contribution >= 0.6 is 0 Å². The van der Waals surface area contributed by atoms with E-state index in [0.29, 0.717) is 23.3 Å². The zero-order valence-electron chi connectivity index (χ0n) is 28.6. The van der Waals surface area contributed by atoms with Crippen molar-refractivity contribution in [3.05, 3.63) is 182 Å². The lowest BCUT2D eigenvalue weighted by Gasteiger charge is -2.12. The summed E-state index contributed by atoms with van der Waals surface area (Å²) in [5, 5.41) is 3.45. The average Bonchev–Trinajstić information content (AvgIpc) is 3.73. The van der Waals surface area contributed by atoms with Gasteiger partial charge in [-0.05, 0) is 59.7 Å². The molecule has 0 saturated heterocycles. The monoisotopic (exact) mass is 680 g/mol. The quantitative estimate of drug-likeness (QED) is 0.190. The van der Waals surface area contributed by atoms with Gasteiger partial charge in [-0.1, -0.05) is 133 Å². The first-order chi connectivity index (χ1) is 26.2. The smallest absolute Gasteiger partial charge is 0.164 e. The van der Waals surface area contributed by atoms with Crippen LogP contribution in [0.2, 0.25) is 0 Å². The number of anilines is 1. The first-order valence-corrected chi connectivity index (χ1v) is 17.7. The van der Waals surface area contributed by atoms with Gasteiger partial charge < -0.3 is 10.3 Å². The van der Waals surface area contributed by atoms with Gasteiger partial charge in [0, 0.05) is 44.2 Å². The number of hydrogen-bond acceptors (Lipinski definition) is 4. The average molecular weight is 681 g/mol. The third-order valence-corrected chi connectivity index (χ3v) is 9.92. The second kappa shape index (κ2) is 12.5. The number of hydrogen-bond donors (Lipinski definition) is 1. The number of nitrogen functional groups attached to an aromatic ring is 1. The number of nitrogens with two attached hydrogens (primary N) is 1. The number of para-hydroxylation sites is 1. The molecule has 0 bridgehead atoms. The Bertz CT molecular complexity index is 2870. The van der Waals surface area contributed by atoms with Crippen LogP contribution in [0.3, 0.4) is 0 Å². The zero-order chi connectivity index (χ0) is 35.3. The molecule has 0 atom stereocenters. The lowest BCUT2D eigenvalue weighted by atomic mass is 10.1. The first-order valence-electron chi connectivity index (χ1n) is 17.7. The number of aromatic nitrogens is 5. The van der Waals surface area contributed by atoms with Crippen molar-refractivity contribution in [1.82, 2.24) is 24.1 Å². The minimum Gasteiger partial charge on any atom is -0.385 e. The van der Waals surface area contributed by atoms with Crippen molar-refractivity contribution < 1.29 is 0 Å². The molecule has 3 aromatic heterocycles. The summed E-state index contributed by atoms with van der Waals surface area (Å²) < 4.78 is 4.47. The second-order valence-corrected chi connectivity index (χ2v) is 13.2. The van der Waals surface area contributed by atoms with Crippen LogP contribution in [0.5, 0.6) is 0 Å². The molecule has 10 rings (SSSR count). The van der Waals surface area contributed by atoms with Crippen molar-refractivity contribution in [2.45, 2.75) is 0 Å². The summed E-state index contributed by atoms with van der Waals surface area (Å²) in [5.41, 5.74) is 17.3. The maximum atomic E-state index is 6.85. The highest BCUT2D eigenvalue weighted by molar-refractivity contribution is 6.14. The van der Waals surface area contributed by atoms with Crippen LogP contribution in [0.4, 0.5) is 5.82 Å². The van der Waals surface area contributed by atoms with E-state index in [1.807, 2.05) is 78.9 Å². The SMILES string of the molecule is Nc1cc2cc3c4ccccc4n(-c4ccc(-c5ccccc5)cc4)c3cc2n1-c1cccc(-c2nc(-c3ccccc3)nc(-c3ccccc3)n2)c1. The van der Waals surface area contributed by atoms with Gasteiger partial charge in [0.15, 0.2) is 17.5 Å². The van der Waals surface area contributed by atoms with Crippen molar-refractivity contribution in [2.75, 3.05) is 5.73 Å². The lowest BCUT2D eigenvalue weighted by Crippen LogP contribution is -2.02. The van der Waals surface area contributed by atoms with Gasteiger partial charge in [0.05, 0.1) is 16.6 Å². The Morgan fingerprint density at radius 3 is 1.55 bits per heavy atom. The van der Waals surface area contributed by atoms with Crippen LogP contribution in [-0.4, -0.2) is 24.1 Å². The highest BCUT2D eigenvalue weighted by Crippen LogP contribution is 2.38. The van der Waals surface area contributed by atoms with E-state index in [1.165, 1.54) is 21.9 Å². The molecule has 0 spiro atoms. The standard InChI is InChI=1S/C47H32N6/c48-44-29-36-28-40-39-21-10-11-22-41(39)52(37-25-23-32(24-26-37)31-13-4-1-5-14-31)43(40)30-42(36)53(44)38-20-12-19-35(27-38)47-50-45(33-15-6-2-7-16-33)49-46(51-47)34-17-8-3-9-18-34/h1-30H,48H2. The van der Waals surface area contributed by atoms with E-state index in [2.05, 4.69) is 112 Å². The molecule has 0 unspecified atom stereocenters. The Hall–Kier alpha value is -7.31. The molecule has 0 radical (unpaired) electrons. The molecule has 2 N–H and O–H groups in total. The summed E-state index contributed by atoms with van der Waals surface area (Å²) in [4.78, 5) is 14.8. The van der Waals surface area contributed by atoms with E-state index in [1.54, 1.807) is 0 Å². The van der Waals surface area contributed by atoms with Gasteiger partial charge >= 0.3 is 0 Å². The van der Waals surface area contributed by atoms with Crippen LogP contribution in [0, 0.1) is 0 Å². The third kappa shape index (κ3) is 5.32. The Balaban J connectivity index is 1.13. The van der Waals surface area contributed by atoms with Crippen molar-refractivity contribution in [3.63, 3.8) is 0 Å². The van der Waals surface area contributed by atoms with Gasteiger partial charge in [0.1, 0.15) is 5.82 Å². The van der Waals surface area contributed by atoms with Crippen LogP contribution in [0.1, 0.15) is 0 Å². The minimum atomic E-state index is 0.594. The van der Waals surface area contributed by atoms with E-state index in [9.17, 15) is 0 Å². The maximum Gasteiger partial charge on any atom is 0.164 e. The Morgan fingerprint density at radius 1 is 0.340 bits per heavy atom. The molecule has 7 aromatic carbocycles. The molecule has 3 heterocycles. The Morgan fingerprint density at radius 2 is 0.887 bits per heavy atom. The molecule has 0 aliphatic carbocycles. The summed E-state index contributed by atoms with van der Waals surface area (Å²) in [6, 6.07) is 62.8. The topological polar surface area (TPSA) is 74.5 Å². The summed E-state index contributed by atoms with van der Waals surface area (Å²) in [6.45, 7) is 0. The summed E-state index contributed by atoms with van der Waals surface area (Å²) >= 11 is 0. The number of rotatable bonds is 6. The predicted molar refractivity (Wildman–Crippen MR) is 217 cm³/mol. The fourth-order valence-corrected chi connectivity index (χ4v) is 7.41. The van der Waals surface area contributed by atoms with Gasteiger partial charge in [-0.3, -0.25) is 4.57 Å². The van der Waals surface area contributed by atoms with Crippen molar-refractivity contribution in [3.8, 4) is 56.7 Å². The summed E-state index contributed by atoms with van der Waals surface area (Å²) in [5.74, 6) is 2.49. The molecular weight excluding hydrogens is 649 g/mol. The molecular formula is C47H32N6. The number of benzene rings is 7. The predicted octanol–water partition coefficient (Wildman–Crippen LogP) is 11.2. The van der Waals surface area contributed by atoms with Crippen LogP contribution in [-0.2, 0) is 0 Å². The molecule has 0 saturated carbocycles. The van der Waals surface area contributed by atoms with Crippen LogP contribution < -0.4 is 5.73 Å². The lowest BCUT2D eigenvalue weighted by molar-refractivity contribution is 1.07. The molecule has 6 heteroatoms. The molecule has 53 heavy (non-hydrogen) atoms. The van der Waals surface area contributed by atoms with Gasteiger partial charge in [-0.25, -0.2) is 15.0 Å². The molecule has 0 aliphatic heterocycles. The highest BCUT2D eigenvalue weighted by Gasteiger charge is 2.18. The van der Waals surface area contributed by atoms with E-state index in [0.717, 1.165) is 50.0 Å². The van der Waals surface area contributed by atoms with Gasteiger partial charge in [0.25, 0.3) is 0 Å². The summed E-state index contributed by atoms with van der Waals surface area (Å²) in [6.07, 6.45) is 0. The van der Waals surface area contributed by atoms with Crippen molar-refractivity contribution in [2.24, 2.45) is 0 Å². The Labute approximate surface area is 306 Å². The molecule has 0 amide bonds. The number of fused-ring (bicyclic) bond motifs is 4. The van der Waals surface area contributed by atoms with Crippen LogP contribution in [0.15, 0.2) is 182 Å². The van der Waals surface area contributed by atoms with Gasteiger partial charge in [-0.2, -0.15) is 0 Å². The van der Waals surface area contributed by atoms with Gasteiger partial charge in [-0.15, -0.1) is 0 Å². The molecule has 0 aliphatic rings. The minimum absolute atomic E-state index is 0.594.